The molecule has 0 rings (SSSR count). The largest absolute Gasteiger partial charge is 0.268 e. The smallest absolute Gasteiger partial charge is 0.264 e. The predicted octanol–water partition coefficient (Wildman–Crippen LogP) is 0.371. The van der Waals surface area contributed by atoms with E-state index < -0.39 is 29.9 Å². The van der Waals surface area contributed by atoms with Crippen LogP contribution in [0.4, 0.5) is 0 Å². The first-order valence-corrected chi connectivity index (χ1v) is 3.54. The van der Waals surface area contributed by atoms with E-state index in [4.69, 9.17) is 8.22 Å². The van der Waals surface area contributed by atoms with Gasteiger partial charge >= 0.3 is 0 Å². The van der Waals surface area contributed by atoms with Gasteiger partial charge in [-0.3, -0.25) is 4.18 Å². The van der Waals surface area contributed by atoms with Gasteiger partial charge in [0.15, 0.2) is 0 Å². The molecule has 0 heterocycles. The summed E-state index contributed by atoms with van der Waals surface area (Å²) < 4.78 is 66.1. The molecule has 0 amide bonds. The second-order valence-corrected chi connectivity index (χ2v) is 2.78. The minimum Gasteiger partial charge on any atom is -0.268 e. The van der Waals surface area contributed by atoms with Crippen LogP contribution in [0.1, 0.15) is 21.9 Å². The zero-order chi connectivity index (χ0) is 11.8. The molecule has 0 spiro atoms. The van der Waals surface area contributed by atoms with E-state index in [0.29, 0.717) is 6.26 Å². The zero-order valence-electron chi connectivity index (χ0n) is 10.2. The first-order chi connectivity index (χ1) is 5.84. The molecule has 0 aromatic rings. The van der Waals surface area contributed by atoms with E-state index in [0.717, 1.165) is 0 Å². The Hall–Kier alpha value is -0.0900. The first-order valence-electron chi connectivity index (χ1n) is 4.72. The van der Waals surface area contributed by atoms with Crippen LogP contribution in [0.25, 0.3) is 0 Å². The summed E-state index contributed by atoms with van der Waals surface area (Å²) in [5, 5.41) is 0. The van der Waals surface area contributed by atoms with Gasteiger partial charge in [0.2, 0.25) is 0 Å². The molecular formula is C4H10O3S. The third-order valence-corrected chi connectivity index (χ3v) is 0.813. The molecular weight excluding hydrogens is 128 g/mol. The third-order valence-electron chi connectivity index (χ3n) is 0.271. The van der Waals surface area contributed by atoms with E-state index in [9.17, 15) is 8.42 Å². The Bertz CT molecular complexity index is 273. The quantitative estimate of drug-likeness (QED) is 0.526. The summed E-state index contributed by atoms with van der Waals surface area (Å²) >= 11 is 0. The van der Waals surface area contributed by atoms with Crippen LogP contribution < -0.4 is 0 Å². The molecule has 0 aliphatic rings. The number of rotatable bonds is 2. The van der Waals surface area contributed by atoms with Gasteiger partial charge in [-0.1, -0.05) is 0 Å². The Morgan fingerprint density at radius 2 is 2.12 bits per heavy atom. The fourth-order valence-electron chi connectivity index (χ4n) is 0.175. The minimum atomic E-state index is -4.11. The average molecular weight is 144 g/mol. The van der Waals surface area contributed by atoms with E-state index in [2.05, 4.69) is 4.18 Å². The monoisotopic (exact) mass is 144 g/mol. The second-order valence-electron chi connectivity index (χ2n) is 1.18. The van der Waals surface area contributed by atoms with E-state index in [-0.39, 0.29) is 0 Å². The van der Waals surface area contributed by atoms with E-state index in [1.165, 1.54) is 0 Å². The van der Waals surface area contributed by atoms with Gasteiger partial charge in [-0.2, -0.15) is 8.42 Å². The van der Waals surface area contributed by atoms with Gasteiger partial charge in [-0.15, -0.1) is 0 Å². The van der Waals surface area contributed by atoms with Crippen molar-refractivity contribution in [1.82, 2.24) is 0 Å². The Morgan fingerprint density at radius 1 is 1.62 bits per heavy atom. The fraction of sp³-hybridized carbons (Fsp3) is 1.00. The highest BCUT2D eigenvalue weighted by molar-refractivity contribution is 7.86. The number of hydrogen-bond donors (Lipinski definition) is 0. The van der Waals surface area contributed by atoms with Crippen LogP contribution in [0.3, 0.4) is 0 Å². The maximum atomic E-state index is 10.6. The van der Waals surface area contributed by atoms with Gasteiger partial charge in [0, 0.05) is 8.22 Å². The van der Waals surface area contributed by atoms with Gasteiger partial charge in [-0.05, 0) is 13.7 Å². The molecule has 0 atom stereocenters. The third kappa shape index (κ3) is 5.91. The van der Waals surface area contributed by atoms with Gasteiger partial charge in [-0.25, -0.2) is 0 Å². The molecule has 0 aliphatic heterocycles. The van der Waals surface area contributed by atoms with Crippen LogP contribution >= 0.6 is 0 Å². The van der Waals surface area contributed by atoms with Crippen molar-refractivity contribution < 1.29 is 20.8 Å². The Balaban J connectivity index is 4.97. The van der Waals surface area contributed by atoms with Crippen molar-refractivity contribution in [1.29, 1.82) is 0 Å². The molecule has 50 valence electrons. The minimum absolute atomic E-state index is 0.595. The highest BCUT2D eigenvalue weighted by Gasteiger charge is 2.02. The molecule has 0 saturated carbocycles. The molecule has 0 unspecified atom stereocenters. The summed E-state index contributed by atoms with van der Waals surface area (Å²) in [7, 11) is -4.11. The van der Waals surface area contributed by atoms with E-state index in [1.54, 1.807) is 0 Å². The molecule has 0 aliphatic carbocycles. The lowest BCUT2D eigenvalue weighted by molar-refractivity contribution is 0.251. The van der Waals surface area contributed by atoms with Gasteiger partial charge in [0.05, 0.1) is 12.4 Å². The lowest BCUT2D eigenvalue weighted by Crippen LogP contribution is -2.09. The molecule has 0 N–H and O–H groups in total. The molecule has 3 nitrogen and oxygen atoms in total. The van der Waals surface area contributed by atoms with Gasteiger partial charge in [0.25, 0.3) is 10.1 Å². The average Bonchev–Trinajstić information content (AvgIpc) is 1.75. The van der Waals surface area contributed by atoms with Crippen LogP contribution in [0.5, 0.6) is 0 Å². The van der Waals surface area contributed by atoms with Crippen molar-refractivity contribution in [2.45, 2.75) is 19.8 Å². The fourth-order valence-corrected chi connectivity index (χ4v) is 0.524. The van der Waals surface area contributed by atoms with Crippen molar-refractivity contribution in [3.05, 3.63) is 0 Å². The van der Waals surface area contributed by atoms with Crippen LogP contribution in [0, 0.1) is 0 Å². The van der Waals surface area contributed by atoms with Crippen molar-refractivity contribution in [2.75, 3.05) is 6.26 Å². The Kier molecular flexibility index (Phi) is 0.696. The molecule has 0 bridgehead atoms. The van der Waals surface area contributed by atoms with Crippen molar-refractivity contribution in [3.63, 3.8) is 0 Å². The molecule has 0 radical (unpaired) electrons. The summed E-state index contributed by atoms with van der Waals surface area (Å²) in [6, 6.07) is 0. The maximum absolute atomic E-state index is 10.6. The summed E-state index contributed by atoms with van der Waals surface area (Å²) in [6.07, 6.45) is -1.72. The summed E-state index contributed by atoms with van der Waals surface area (Å²) in [6.45, 7) is -6.01. The molecule has 0 fully saturated rings. The van der Waals surface area contributed by atoms with Crippen molar-refractivity contribution in [2.24, 2.45) is 0 Å². The normalized spacial score (nSPS) is 26.8. The van der Waals surface area contributed by atoms with Crippen LogP contribution in [0.15, 0.2) is 0 Å². The van der Waals surface area contributed by atoms with Crippen LogP contribution in [0.2, 0.25) is 0 Å². The summed E-state index contributed by atoms with van der Waals surface area (Å²) in [4.78, 5) is 0. The first kappa shape index (κ1) is 2.27. The maximum Gasteiger partial charge on any atom is 0.264 e. The summed E-state index contributed by atoms with van der Waals surface area (Å²) in [5.74, 6) is 0. The molecule has 4 heteroatoms. The second kappa shape index (κ2) is 2.46. The topological polar surface area (TPSA) is 43.4 Å². The van der Waals surface area contributed by atoms with E-state index in [1.807, 2.05) is 0 Å². The Labute approximate surface area is 58.2 Å². The molecule has 0 aromatic carbocycles. The Morgan fingerprint density at radius 3 is 2.25 bits per heavy atom. The SMILES string of the molecule is [2H]C([2H])([2H])C(OS(C)(=O)=O)C([2H])([2H])[2H]. The van der Waals surface area contributed by atoms with Crippen LogP contribution in [-0.4, -0.2) is 20.8 Å². The summed E-state index contributed by atoms with van der Waals surface area (Å²) in [5.41, 5.74) is 0. The predicted molar refractivity (Wildman–Crippen MR) is 31.1 cm³/mol. The van der Waals surface area contributed by atoms with Crippen LogP contribution in [-0.2, 0) is 14.3 Å². The lowest BCUT2D eigenvalue weighted by atomic mass is 10.5. The lowest BCUT2D eigenvalue weighted by Gasteiger charge is -2.01. The molecule has 8 heavy (non-hydrogen) atoms. The zero-order valence-corrected chi connectivity index (χ0v) is 5.03. The van der Waals surface area contributed by atoms with Crippen molar-refractivity contribution in [3.8, 4) is 0 Å². The highest BCUT2D eigenvalue weighted by Crippen LogP contribution is 1.92. The number of hydrogen-bond acceptors (Lipinski definition) is 3. The van der Waals surface area contributed by atoms with Gasteiger partial charge in [0.1, 0.15) is 0 Å². The molecule has 0 aromatic heterocycles. The van der Waals surface area contributed by atoms with Gasteiger partial charge < -0.3 is 0 Å². The van der Waals surface area contributed by atoms with Crippen molar-refractivity contribution >= 4 is 10.1 Å². The highest BCUT2D eigenvalue weighted by atomic mass is 32.2. The van der Waals surface area contributed by atoms with E-state index >= 15 is 0 Å². The standard InChI is InChI=1S/C4H10O3S/c1-4(2)7-8(3,5)6/h4H,1-3H3/i1D3,2D3. The molecule has 0 saturated heterocycles.